The third-order valence-corrected chi connectivity index (χ3v) is 9.35. The molecule has 0 bridgehead atoms. The van der Waals surface area contributed by atoms with E-state index in [0.29, 0.717) is 35.7 Å². The highest BCUT2D eigenvalue weighted by molar-refractivity contribution is 14.1. The highest BCUT2D eigenvalue weighted by atomic mass is 127. The molecule has 0 aliphatic heterocycles. The lowest BCUT2D eigenvalue weighted by atomic mass is 10.1. The zero-order valence-electron chi connectivity index (χ0n) is 17.0. The van der Waals surface area contributed by atoms with Gasteiger partial charge in [0, 0.05) is 33.0 Å². The number of nitrogens with one attached hydrogen (secondary N) is 1. The molecule has 2 aliphatic rings. The number of nitrogen functional groups attached to an aromatic ring is 1. The van der Waals surface area contributed by atoms with E-state index in [4.69, 9.17) is 5.73 Å². The number of anilines is 1. The number of fused-ring (bicyclic) bond motifs is 2. The summed E-state index contributed by atoms with van der Waals surface area (Å²) in [6, 6.07) is 4.08. The summed E-state index contributed by atoms with van der Waals surface area (Å²) < 4.78 is 30.2. The molecule has 12 heteroatoms. The molecule has 3 aromatic rings. The van der Waals surface area contributed by atoms with Crippen molar-refractivity contribution in [2.24, 2.45) is 0 Å². The second-order valence-corrected chi connectivity index (χ2v) is 12.1. The number of benzene rings is 1. The van der Waals surface area contributed by atoms with E-state index in [1.807, 2.05) is 10.6 Å². The Labute approximate surface area is 203 Å². The second-order valence-electron chi connectivity index (χ2n) is 8.01. The van der Waals surface area contributed by atoms with Crippen molar-refractivity contribution < 1.29 is 13.2 Å². The van der Waals surface area contributed by atoms with Gasteiger partial charge in [-0.15, -0.1) is 0 Å². The van der Waals surface area contributed by atoms with Gasteiger partial charge >= 0.3 is 0 Å². The maximum Gasteiger partial charge on any atom is 0.211 e. The number of aryl methyl sites for hydroxylation is 2. The van der Waals surface area contributed by atoms with E-state index in [9.17, 15) is 13.2 Å². The number of nitrogens with two attached hydrogens (primary N) is 1. The molecule has 9 nitrogen and oxygen atoms in total. The quantitative estimate of drug-likeness (QED) is 0.387. The highest BCUT2D eigenvalue weighted by Gasteiger charge is 2.27. The molecule has 5 rings (SSSR count). The third kappa shape index (κ3) is 4.50. The first-order valence-corrected chi connectivity index (χ1v) is 13.9. The highest BCUT2D eigenvalue weighted by Crippen LogP contribution is 2.37. The fraction of sp³-hybridized carbons (Fsp3) is 0.400. The molecule has 32 heavy (non-hydrogen) atoms. The summed E-state index contributed by atoms with van der Waals surface area (Å²) in [6.07, 6.45) is 4.93. The molecule has 168 valence electrons. The smallest absolute Gasteiger partial charge is 0.211 e. The lowest BCUT2D eigenvalue weighted by molar-refractivity contribution is 0.0994. The molecular weight excluding hydrogens is 563 g/mol. The first kappa shape index (κ1) is 22.0. The first-order valence-electron chi connectivity index (χ1n) is 10.3. The molecule has 0 saturated heterocycles. The number of carbonyl (C=O) groups is 1. The Morgan fingerprint density at radius 2 is 2.06 bits per heavy atom. The number of carbonyl (C=O) groups excluding carboxylic acids is 1. The molecule has 0 amide bonds. The zero-order chi connectivity index (χ0) is 22.5. The summed E-state index contributed by atoms with van der Waals surface area (Å²) >= 11 is 3.70. The van der Waals surface area contributed by atoms with Gasteiger partial charge in [0.05, 0.1) is 5.75 Å². The van der Waals surface area contributed by atoms with Crippen LogP contribution in [-0.2, 0) is 23.0 Å². The fourth-order valence-corrected chi connectivity index (χ4v) is 6.95. The van der Waals surface area contributed by atoms with E-state index in [1.54, 1.807) is 0 Å². The van der Waals surface area contributed by atoms with Crippen LogP contribution >= 0.6 is 34.4 Å². The number of hydrogen-bond acceptors (Lipinski definition) is 8. The predicted molar refractivity (Wildman–Crippen MR) is 130 cm³/mol. The average molecular weight is 584 g/mol. The van der Waals surface area contributed by atoms with Gasteiger partial charge in [0.25, 0.3) is 0 Å². The Hall–Kier alpha value is -1.77. The van der Waals surface area contributed by atoms with E-state index >= 15 is 0 Å². The van der Waals surface area contributed by atoms with Gasteiger partial charge in [-0.05, 0) is 66.0 Å². The van der Waals surface area contributed by atoms with Crippen molar-refractivity contribution >= 4 is 67.1 Å². The molecule has 0 unspecified atom stereocenters. The Kier molecular flexibility index (Phi) is 5.88. The summed E-state index contributed by atoms with van der Waals surface area (Å²) in [5.41, 5.74) is 8.94. The van der Waals surface area contributed by atoms with Gasteiger partial charge in [0.1, 0.15) is 6.33 Å². The average Bonchev–Trinajstić information content (AvgIpc) is 3.37. The number of ketones is 1. The van der Waals surface area contributed by atoms with Gasteiger partial charge in [-0.3, -0.25) is 4.79 Å². The van der Waals surface area contributed by atoms with E-state index in [2.05, 4.69) is 48.3 Å². The van der Waals surface area contributed by atoms with Gasteiger partial charge < -0.3 is 10.3 Å². The minimum atomic E-state index is -3.31. The molecular formula is C20H21IN6O3S2. The fourth-order valence-electron chi connectivity index (χ4n) is 3.76. The Balaban J connectivity index is 1.44. The molecule has 2 heterocycles. The van der Waals surface area contributed by atoms with Crippen LogP contribution in [0, 0.1) is 3.57 Å². The van der Waals surface area contributed by atoms with Crippen LogP contribution in [-0.4, -0.2) is 45.5 Å². The van der Waals surface area contributed by atoms with E-state index in [0.717, 1.165) is 38.9 Å². The molecule has 2 aromatic heterocycles. The number of Topliss-reactive ketones (excluding diaryl/α,β-unsaturated/α-hetero) is 1. The van der Waals surface area contributed by atoms with Gasteiger partial charge in [0.15, 0.2) is 27.9 Å². The summed E-state index contributed by atoms with van der Waals surface area (Å²) in [5, 5.41) is 0.642. The van der Waals surface area contributed by atoms with Crippen molar-refractivity contribution in [2.45, 2.75) is 54.7 Å². The van der Waals surface area contributed by atoms with E-state index < -0.39 is 10.0 Å². The number of halogens is 1. The van der Waals surface area contributed by atoms with Crippen LogP contribution in [0.1, 0.15) is 41.6 Å². The number of sulfonamides is 1. The first-order chi connectivity index (χ1) is 15.3. The SMILES string of the molecule is Nc1ncnc2c1nc(Sc1cc3c(cc1I)CCC3=O)n2CCCS(=O)(=O)NC1CC1. The Morgan fingerprint density at radius 1 is 1.25 bits per heavy atom. The summed E-state index contributed by atoms with van der Waals surface area (Å²) in [5.74, 6) is 0.464. The molecule has 0 spiro atoms. The van der Waals surface area contributed by atoms with Crippen LogP contribution in [0.3, 0.4) is 0 Å². The van der Waals surface area contributed by atoms with Crippen LogP contribution in [0.25, 0.3) is 11.2 Å². The van der Waals surface area contributed by atoms with Crippen LogP contribution in [0.4, 0.5) is 5.82 Å². The van der Waals surface area contributed by atoms with Crippen molar-refractivity contribution in [2.75, 3.05) is 11.5 Å². The number of imidazole rings is 1. The molecule has 1 fully saturated rings. The number of rotatable bonds is 8. The largest absolute Gasteiger partial charge is 0.382 e. The third-order valence-electron chi connectivity index (χ3n) is 5.52. The van der Waals surface area contributed by atoms with Crippen LogP contribution < -0.4 is 10.5 Å². The molecule has 2 aliphatic carbocycles. The molecule has 0 radical (unpaired) electrons. The maximum atomic E-state index is 12.3. The van der Waals surface area contributed by atoms with Crippen molar-refractivity contribution in [3.8, 4) is 0 Å². The van der Waals surface area contributed by atoms with Crippen molar-refractivity contribution in [1.82, 2.24) is 24.2 Å². The van der Waals surface area contributed by atoms with Crippen molar-refractivity contribution in [3.05, 3.63) is 33.2 Å². The van der Waals surface area contributed by atoms with Gasteiger partial charge in [0.2, 0.25) is 10.0 Å². The molecule has 0 atom stereocenters. The molecule has 3 N–H and O–H groups in total. The summed E-state index contributed by atoms with van der Waals surface area (Å²) in [6.45, 7) is 0.418. The Bertz CT molecular complexity index is 1340. The summed E-state index contributed by atoms with van der Waals surface area (Å²) in [7, 11) is -3.31. The monoisotopic (exact) mass is 584 g/mol. The van der Waals surface area contributed by atoms with Gasteiger partial charge in [-0.1, -0.05) is 11.8 Å². The molecule has 1 aromatic carbocycles. The number of aromatic nitrogens is 4. The minimum Gasteiger partial charge on any atom is -0.382 e. The lowest BCUT2D eigenvalue weighted by Gasteiger charge is -2.11. The summed E-state index contributed by atoms with van der Waals surface area (Å²) in [4.78, 5) is 26.2. The molecule has 1 saturated carbocycles. The predicted octanol–water partition coefficient (Wildman–Crippen LogP) is 2.77. The van der Waals surface area contributed by atoms with Gasteiger partial charge in [-0.2, -0.15) is 0 Å². The van der Waals surface area contributed by atoms with Crippen molar-refractivity contribution in [1.29, 1.82) is 0 Å². The minimum absolute atomic E-state index is 0.0265. The van der Waals surface area contributed by atoms with Crippen LogP contribution in [0.2, 0.25) is 0 Å². The van der Waals surface area contributed by atoms with Gasteiger partial charge in [-0.25, -0.2) is 28.1 Å². The normalized spacial score (nSPS) is 16.1. The van der Waals surface area contributed by atoms with Crippen LogP contribution in [0.15, 0.2) is 28.5 Å². The van der Waals surface area contributed by atoms with E-state index in [1.165, 1.54) is 18.1 Å². The second kappa shape index (κ2) is 8.54. The standard InChI is InChI=1S/C20H21IN6O3S2/c21-14-8-11-2-5-15(28)13(11)9-16(14)31-20-25-17-18(22)23-10-24-19(17)27(20)6-1-7-32(29,30)26-12-3-4-12/h8-10,12,26H,1-7H2,(H2,22,23,24). The van der Waals surface area contributed by atoms with E-state index in [-0.39, 0.29) is 23.4 Å². The maximum absolute atomic E-state index is 12.3. The topological polar surface area (TPSA) is 133 Å². The lowest BCUT2D eigenvalue weighted by Crippen LogP contribution is -2.28. The number of nitrogens with zero attached hydrogens (tertiary/aromatic N) is 4. The number of hydrogen-bond donors (Lipinski definition) is 2. The van der Waals surface area contributed by atoms with Crippen LogP contribution in [0.5, 0.6) is 0 Å². The Morgan fingerprint density at radius 3 is 2.84 bits per heavy atom. The van der Waals surface area contributed by atoms with Crippen molar-refractivity contribution in [3.63, 3.8) is 0 Å². The zero-order valence-corrected chi connectivity index (χ0v) is 20.8.